The van der Waals surface area contributed by atoms with Crippen molar-refractivity contribution in [1.82, 2.24) is 0 Å². The molecule has 0 radical (unpaired) electrons. The highest BCUT2D eigenvalue weighted by atomic mass is 16.4. The van der Waals surface area contributed by atoms with E-state index in [0.29, 0.717) is 12.3 Å². The Bertz CT molecular complexity index is 173. The number of hydrogen-bond acceptors (Lipinski definition) is 2. The van der Waals surface area contributed by atoms with Crippen LogP contribution in [-0.4, -0.2) is 22.3 Å². The van der Waals surface area contributed by atoms with Crippen molar-refractivity contribution >= 4 is 5.97 Å². The maximum Gasteiger partial charge on any atom is 0.303 e. The van der Waals surface area contributed by atoms with Crippen LogP contribution in [0.15, 0.2) is 12.2 Å². The van der Waals surface area contributed by atoms with Crippen molar-refractivity contribution in [2.75, 3.05) is 0 Å². The minimum absolute atomic E-state index is 0.0210. The van der Waals surface area contributed by atoms with Crippen molar-refractivity contribution in [2.24, 2.45) is 5.92 Å². The van der Waals surface area contributed by atoms with Gasteiger partial charge in [-0.25, -0.2) is 0 Å². The van der Waals surface area contributed by atoms with Gasteiger partial charge in [-0.2, -0.15) is 0 Å². The van der Waals surface area contributed by atoms with E-state index >= 15 is 0 Å². The Kier molecular flexibility index (Phi) is 6.24. The van der Waals surface area contributed by atoms with E-state index in [4.69, 9.17) is 5.11 Å². The zero-order valence-corrected chi connectivity index (χ0v) is 8.23. The molecule has 0 heterocycles. The van der Waals surface area contributed by atoms with E-state index in [1.165, 1.54) is 0 Å². The predicted molar refractivity (Wildman–Crippen MR) is 51.5 cm³/mol. The Morgan fingerprint density at radius 2 is 2.08 bits per heavy atom. The molecular weight excluding hydrogens is 168 g/mol. The van der Waals surface area contributed by atoms with E-state index in [0.717, 1.165) is 6.42 Å². The number of carboxylic acids is 1. The van der Waals surface area contributed by atoms with Gasteiger partial charge in [-0.15, -0.1) is 0 Å². The van der Waals surface area contributed by atoms with Gasteiger partial charge in [-0.1, -0.05) is 26.0 Å². The molecule has 3 nitrogen and oxygen atoms in total. The van der Waals surface area contributed by atoms with Crippen LogP contribution in [0.4, 0.5) is 0 Å². The molecule has 0 aliphatic carbocycles. The standard InChI is InChI=1S/C10H18O3/c1-8(2)4-3-5-9(11)6-7-10(12)13/h3,5,8-9,11H,4,6-7H2,1-2H3,(H,12,13). The zero-order chi connectivity index (χ0) is 10.3. The topological polar surface area (TPSA) is 57.5 Å². The van der Waals surface area contributed by atoms with Crippen LogP contribution in [0.5, 0.6) is 0 Å². The maximum absolute atomic E-state index is 10.2. The maximum atomic E-state index is 10.2. The number of aliphatic hydroxyl groups excluding tert-OH is 1. The van der Waals surface area contributed by atoms with Gasteiger partial charge in [0, 0.05) is 6.42 Å². The lowest BCUT2D eigenvalue weighted by molar-refractivity contribution is -0.137. The van der Waals surface area contributed by atoms with Crippen LogP contribution in [0.3, 0.4) is 0 Å². The molecule has 1 unspecified atom stereocenters. The third-order valence-corrected chi connectivity index (χ3v) is 1.62. The van der Waals surface area contributed by atoms with Crippen LogP contribution in [0.25, 0.3) is 0 Å². The second kappa shape index (κ2) is 6.66. The summed E-state index contributed by atoms with van der Waals surface area (Å²) in [6.45, 7) is 4.18. The van der Waals surface area contributed by atoms with Crippen molar-refractivity contribution in [2.45, 2.75) is 39.2 Å². The average molecular weight is 186 g/mol. The number of rotatable bonds is 6. The van der Waals surface area contributed by atoms with Gasteiger partial charge in [0.05, 0.1) is 6.10 Å². The fourth-order valence-corrected chi connectivity index (χ4v) is 0.875. The lowest BCUT2D eigenvalue weighted by Gasteiger charge is -2.03. The van der Waals surface area contributed by atoms with Crippen LogP contribution in [0.2, 0.25) is 0 Å². The number of aliphatic hydroxyl groups is 1. The lowest BCUT2D eigenvalue weighted by Crippen LogP contribution is -2.06. The highest BCUT2D eigenvalue weighted by Crippen LogP contribution is 2.03. The molecule has 0 fully saturated rings. The van der Waals surface area contributed by atoms with Gasteiger partial charge in [0.2, 0.25) is 0 Å². The van der Waals surface area contributed by atoms with Crippen molar-refractivity contribution in [3.63, 3.8) is 0 Å². The summed E-state index contributed by atoms with van der Waals surface area (Å²) in [7, 11) is 0. The number of carbonyl (C=O) groups is 1. The fraction of sp³-hybridized carbons (Fsp3) is 0.700. The van der Waals surface area contributed by atoms with Gasteiger partial charge in [0.1, 0.15) is 0 Å². The Labute approximate surface area is 79.1 Å². The van der Waals surface area contributed by atoms with Gasteiger partial charge >= 0.3 is 5.97 Å². The summed E-state index contributed by atoms with van der Waals surface area (Å²) in [5, 5.41) is 17.6. The molecule has 0 aromatic rings. The summed E-state index contributed by atoms with van der Waals surface area (Å²) in [6, 6.07) is 0. The predicted octanol–water partition coefficient (Wildman–Crippen LogP) is 1.81. The number of allylic oxidation sites excluding steroid dienone is 1. The van der Waals surface area contributed by atoms with Crippen LogP contribution in [-0.2, 0) is 4.79 Å². The molecule has 0 bridgehead atoms. The van der Waals surface area contributed by atoms with E-state index in [1.54, 1.807) is 6.08 Å². The van der Waals surface area contributed by atoms with E-state index in [-0.39, 0.29) is 6.42 Å². The molecular formula is C10H18O3. The van der Waals surface area contributed by atoms with Gasteiger partial charge < -0.3 is 10.2 Å². The molecule has 1 atom stereocenters. The number of aliphatic carboxylic acids is 1. The summed E-state index contributed by atoms with van der Waals surface area (Å²) in [4.78, 5) is 10.2. The summed E-state index contributed by atoms with van der Waals surface area (Å²) in [5.41, 5.74) is 0. The molecule has 0 rings (SSSR count). The Morgan fingerprint density at radius 3 is 2.54 bits per heavy atom. The molecule has 13 heavy (non-hydrogen) atoms. The minimum Gasteiger partial charge on any atom is -0.481 e. The first-order chi connectivity index (χ1) is 6.02. The first-order valence-corrected chi connectivity index (χ1v) is 4.59. The first kappa shape index (κ1) is 12.2. The fourth-order valence-electron chi connectivity index (χ4n) is 0.875. The molecule has 3 heteroatoms. The van der Waals surface area contributed by atoms with Crippen molar-refractivity contribution in [3.8, 4) is 0 Å². The van der Waals surface area contributed by atoms with Crippen molar-refractivity contribution in [3.05, 3.63) is 12.2 Å². The Balaban J connectivity index is 3.55. The lowest BCUT2D eigenvalue weighted by atomic mass is 10.1. The normalized spacial score (nSPS) is 13.8. The highest BCUT2D eigenvalue weighted by Gasteiger charge is 2.02. The van der Waals surface area contributed by atoms with Crippen molar-refractivity contribution < 1.29 is 15.0 Å². The molecule has 0 aromatic carbocycles. The Morgan fingerprint density at radius 1 is 1.46 bits per heavy atom. The second-order valence-corrected chi connectivity index (χ2v) is 3.56. The third-order valence-electron chi connectivity index (χ3n) is 1.62. The molecule has 0 amide bonds. The molecule has 0 aliphatic heterocycles. The van der Waals surface area contributed by atoms with Crippen LogP contribution < -0.4 is 0 Å². The SMILES string of the molecule is CC(C)CC=CC(O)CCC(=O)O. The molecule has 0 saturated carbocycles. The molecule has 0 saturated heterocycles. The van der Waals surface area contributed by atoms with E-state index in [2.05, 4.69) is 13.8 Å². The third kappa shape index (κ3) is 9.08. The summed E-state index contributed by atoms with van der Waals surface area (Å²) >= 11 is 0. The zero-order valence-electron chi connectivity index (χ0n) is 8.23. The Hall–Kier alpha value is -0.830. The van der Waals surface area contributed by atoms with Crippen LogP contribution in [0, 0.1) is 5.92 Å². The molecule has 0 aromatic heterocycles. The van der Waals surface area contributed by atoms with Gasteiger partial charge in [-0.05, 0) is 18.8 Å². The highest BCUT2D eigenvalue weighted by molar-refractivity contribution is 5.66. The van der Waals surface area contributed by atoms with E-state index < -0.39 is 12.1 Å². The van der Waals surface area contributed by atoms with Crippen LogP contribution in [0.1, 0.15) is 33.1 Å². The summed E-state index contributed by atoms with van der Waals surface area (Å²) in [6.07, 6.45) is 4.19. The van der Waals surface area contributed by atoms with Gasteiger partial charge in [0.15, 0.2) is 0 Å². The molecule has 2 N–H and O–H groups in total. The molecule has 0 spiro atoms. The summed E-state index contributed by atoms with van der Waals surface area (Å²) < 4.78 is 0. The van der Waals surface area contributed by atoms with Crippen LogP contribution >= 0.6 is 0 Å². The smallest absolute Gasteiger partial charge is 0.303 e. The number of hydrogen-bond donors (Lipinski definition) is 2. The summed E-state index contributed by atoms with van der Waals surface area (Å²) in [5.74, 6) is -0.292. The minimum atomic E-state index is -0.865. The van der Waals surface area contributed by atoms with E-state index in [1.807, 2.05) is 6.08 Å². The molecule has 0 aliphatic rings. The van der Waals surface area contributed by atoms with E-state index in [9.17, 15) is 9.90 Å². The van der Waals surface area contributed by atoms with Gasteiger partial charge in [0.25, 0.3) is 0 Å². The van der Waals surface area contributed by atoms with Crippen molar-refractivity contribution in [1.29, 1.82) is 0 Å². The largest absolute Gasteiger partial charge is 0.481 e. The monoisotopic (exact) mass is 186 g/mol. The quantitative estimate of drug-likeness (QED) is 0.622. The van der Waals surface area contributed by atoms with Gasteiger partial charge in [-0.3, -0.25) is 4.79 Å². The number of carboxylic acid groups (broad SMARTS) is 1. The average Bonchev–Trinajstić information content (AvgIpc) is 2.00. The molecule has 76 valence electrons. The second-order valence-electron chi connectivity index (χ2n) is 3.56. The first-order valence-electron chi connectivity index (χ1n) is 4.59.